The van der Waals surface area contributed by atoms with Crippen molar-refractivity contribution in [3.8, 4) is 11.8 Å². The lowest BCUT2D eigenvalue weighted by molar-refractivity contribution is 0.0705. The number of amides is 1. The Morgan fingerprint density at radius 3 is 2.74 bits per heavy atom. The molecule has 2 fully saturated rings. The molecule has 1 aliphatic heterocycles. The summed E-state index contributed by atoms with van der Waals surface area (Å²) in [4.78, 5) is 23.7. The van der Waals surface area contributed by atoms with E-state index in [0.29, 0.717) is 48.6 Å². The van der Waals surface area contributed by atoms with Gasteiger partial charge in [-0.15, -0.1) is 0 Å². The fraction of sp³-hybridized carbons (Fsp3) is 0.636. The van der Waals surface area contributed by atoms with Crippen molar-refractivity contribution in [2.45, 2.75) is 51.0 Å². The summed E-state index contributed by atoms with van der Waals surface area (Å²) in [6.45, 7) is 2.01. The topological polar surface area (TPSA) is 99.8 Å². The van der Waals surface area contributed by atoms with E-state index in [1.54, 1.807) is 17.0 Å². The quantitative estimate of drug-likeness (QED) is 0.559. The Labute approximate surface area is 182 Å². The van der Waals surface area contributed by atoms with Crippen molar-refractivity contribution < 1.29 is 23.5 Å². The molecular formula is C22H30N4O5. The van der Waals surface area contributed by atoms with Crippen LogP contribution in [-0.2, 0) is 11.2 Å². The van der Waals surface area contributed by atoms with E-state index in [9.17, 15) is 4.79 Å². The monoisotopic (exact) mass is 430 g/mol. The second-order valence-electron chi connectivity index (χ2n) is 8.09. The lowest BCUT2D eigenvalue weighted by atomic mass is 10.1. The van der Waals surface area contributed by atoms with Crippen molar-refractivity contribution in [1.82, 2.24) is 20.0 Å². The van der Waals surface area contributed by atoms with Crippen molar-refractivity contribution in [2.75, 3.05) is 34.0 Å². The summed E-state index contributed by atoms with van der Waals surface area (Å²) in [6.07, 6.45) is 7.42. The molecule has 0 radical (unpaired) electrons. The van der Waals surface area contributed by atoms with Crippen LogP contribution in [0.15, 0.2) is 16.7 Å². The fourth-order valence-electron chi connectivity index (χ4n) is 4.37. The van der Waals surface area contributed by atoms with Gasteiger partial charge in [0.15, 0.2) is 5.82 Å². The molecule has 4 rings (SSSR count). The van der Waals surface area contributed by atoms with Gasteiger partial charge in [0.1, 0.15) is 11.6 Å². The van der Waals surface area contributed by atoms with E-state index in [0.717, 1.165) is 19.4 Å². The highest BCUT2D eigenvalue weighted by Crippen LogP contribution is 2.34. The van der Waals surface area contributed by atoms with Crippen LogP contribution >= 0.6 is 0 Å². The Balaban J connectivity index is 1.37. The van der Waals surface area contributed by atoms with Crippen LogP contribution in [0, 0.1) is 5.92 Å². The summed E-state index contributed by atoms with van der Waals surface area (Å²) < 4.78 is 21.7. The molecule has 1 saturated carbocycles. The molecule has 1 amide bonds. The van der Waals surface area contributed by atoms with E-state index in [-0.39, 0.29) is 17.8 Å². The van der Waals surface area contributed by atoms with Gasteiger partial charge in [-0.05, 0) is 37.7 Å². The van der Waals surface area contributed by atoms with E-state index in [2.05, 4.69) is 15.1 Å². The molecule has 1 saturated heterocycles. The summed E-state index contributed by atoms with van der Waals surface area (Å²) in [5.41, 5.74) is 0.384. The van der Waals surface area contributed by atoms with Gasteiger partial charge in [-0.2, -0.15) is 9.97 Å². The average molecular weight is 431 g/mol. The zero-order valence-corrected chi connectivity index (χ0v) is 18.2. The van der Waals surface area contributed by atoms with Crippen LogP contribution in [0.5, 0.6) is 11.8 Å². The van der Waals surface area contributed by atoms with Crippen molar-refractivity contribution >= 4 is 5.91 Å². The minimum atomic E-state index is -0.250. The van der Waals surface area contributed by atoms with E-state index < -0.39 is 0 Å². The number of methoxy groups -OCH3 is 2. The van der Waals surface area contributed by atoms with E-state index in [4.69, 9.17) is 18.7 Å². The van der Waals surface area contributed by atoms with Crippen LogP contribution < -0.4 is 9.47 Å². The molecule has 168 valence electrons. The zero-order chi connectivity index (χ0) is 21.6. The fourth-order valence-corrected chi connectivity index (χ4v) is 4.37. The highest BCUT2D eigenvalue weighted by Gasteiger charge is 2.36. The molecule has 9 nitrogen and oxygen atoms in total. The van der Waals surface area contributed by atoms with Crippen molar-refractivity contribution in [3.05, 3.63) is 29.4 Å². The van der Waals surface area contributed by atoms with Crippen LogP contribution in [0.25, 0.3) is 0 Å². The van der Waals surface area contributed by atoms with Gasteiger partial charge in [0, 0.05) is 25.6 Å². The summed E-state index contributed by atoms with van der Waals surface area (Å²) >= 11 is 0. The number of likely N-dealkylation sites (tertiary alicyclic amines) is 1. The first kappa shape index (κ1) is 21.5. The summed E-state index contributed by atoms with van der Waals surface area (Å²) in [5.74, 6) is 2.24. The molecule has 0 spiro atoms. The maximum atomic E-state index is 13.2. The molecule has 0 N–H and O–H groups in total. The Bertz CT molecular complexity index is 881. The molecular weight excluding hydrogens is 400 g/mol. The smallest absolute Gasteiger partial charge is 0.260 e. The van der Waals surface area contributed by atoms with Gasteiger partial charge in [0.2, 0.25) is 17.7 Å². The number of pyridine rings is 1. The predicted molar refractivity (Wildman–Crippen MR) is 111 cm³/mol. The maximum Gasteiger partial charge on any atom is 0.260 e. The van der Waals surface area contributed by atoms with Crippen LogP contribution in [0.2, 0.25) is 0 Å². The SMILES string of the molecule is COc1ccc(C(=O)N2CCCC2c2nc(CCOCC3CCCC3)no2)c(OC)n1. The molecule has 0 bridgehead atoms. The number of ether oxygens (including phenoxy) is 3. The second-order valence-corrected chi connectivity index (χ2v) is 8.09. The molecule has 2 aromatic rings. The largest absolute Gasteiger partial charge is 0.481 e. The number of hydrogen-bond acceptors (Lipinski definition) is 8. The van der Waals surface area contributed by atoms with Crippen LogP contribution in [0.1, 0.15) is 66.6 Å². The number of carbonyl (C=O) groups is 1. The zero-order valence-electron chi connectivity index (χ0n) is 18.2. The van der Waals surface area contributed by atoms with Gasteiger partial charge in [-0.25, -0.2) is 0 Å². The molecule has 3 heterocycles. The van der Waals surface area contributed by atoms with Gasteiger partial charge in [-0.3, -0.25) is 4.79 Å². The van der Waals surface area contributed by atoms with Crippen LogP contribution in [-0.4, -0.2) is 59.9 Å². The van der Waals surface area contributed by atoms with Gasteiger partial charge >= 0.3 is 0 Å². The first-order valence-corrected chi connectivity index (χ1v) is 11.0. The molecule has 1 atom stereocenters. The maximum absolute atomic E-state index is 13.2. The first-order chi connectivity index (χ1) is 15.2. The van der Waals surface area contributed by atoms with Crippen LogP contribution in [0.3, 0.4) is 0 Å². The Morgan fingerprint density at radius 2 is 1.97 bits per heavy atom. The van der Waals surface area contributed by atoms with Crippen molar-refractivity contribution in [1.29, 1.82) is 0 Å². The van der Waals surface area contributed by atoms with Crippen LogP contribution in [0.4, 0.5) is 0 Å². The molecule has 0 aromatic carbocycles. The van der Waals surface area contributed by atoms with E-state index in [1.807, 2.05) is 0 Å². The van der Waals surface area contributed by atoms with Crippen molar-refractivity contribution in [3.63, 3.8) is 0 Å². The van der Waals surface area contributed by atoms with Gasteiger partial charge < -0.3 is 23.6 Å². The molecule has 9 heteroatoms. The molecule has 2 aromatic heterocycles. The normalized spacial score (nSPS) is 19.2. The van der Waals surface area contributed by atoms with Gasteiger partial charge in [0.05, 0.1) is 20.8 Å². The molecule has 1 aliphatic carbocycles. The minimum absolute atomic E-state index is 0.172. The van der Waals surface area contributed by atoms with Gasteiger partial charge in [-0.1, -0.05) is 18.0 Å². The number of nitrogens with zero attached hydrogens (tertiary/aromatic N) is 4. The molecule has 31 heavy (non-hydrogen) atoms. The van der Waals surface area contributed by atoms with Crippen molar-refractivity contribution in [2.24, 2.45) is 5.92 Å². The van der Waals surface area contributed by atoms with E-state index in [1.165, 1.54) is 39.9 Å². The average Bonchev–Trinajstić information content (AvgIpc) is 3.57. The Kier molecular flexibility index (Phi) is 7.01. The summed E-state index contributed by atoms with van der Waals surface area (Å²) in [5, 5.41) is 4.10. The van der Waals surface area contributed by atoms with E-state index >= 15 is 0 Å². The Morgan fingerprint density at radius 1 is 1.13 bits per heavy atom. The number of aromatic nitrogens is 3. The number of carbonyl (C=O) groups excluding carboxylic acids is 1. The Hall–Kier alpha value is -2.68. The molecule has 1 unspecified atom stereocenters. The lowest BCUT2D eigenvalue weighted by Gasteiger charge is -2.22. The second kappa shape index (κ2) is 10.1. The third-order valence-electron chi connectivity index (χ3n) is 6.05. The summed E-state index contributed by atoms with van der Waals surface area (Å²) in [6, 6.07) is 3.07. The first-order valence-electron chi connectivity index (χ1n) is 11.0. The third kappa shape index (κ3) is 4.98. The minimum Gasteiger partial charge on any atom is -0.481 e. The predicted octanol–water partition coefficient (Wildman–Crippen LogP) is 3.21. The third-order valence-corrected chi connectivity index (χ3v) is 6.05. The standard InChI is InChI=1S/C22H30N4O5/c1-28-19-10-9-16(20(24-19)29-2)22(27)26-12-5-8-17(26)21-23-18(25-31-21)11-13-30-14-15-6-3-4-7-15/h9-10,15,17H,3-8,11-14H2,1-2H3. The number of rotatable bonds is 9. The lowest BCUT2D eigenvalue weighted by Crippen LogP contribution is -2.31. The highest BCUT2D eigenvalue weighted by molar-refractivity contribution is 5.96. The highest BCUT2D eigenvalue weighted by atomic mass is 16.5. The number of hydrogen-bond donors (Lipinski definition) is 0. The summed E-state index contributed by atoms with van der Waals surface area (Å²) in [7, 11) is 3.01. The van der Waals surface area contributed by atoms with Gasteiger partial charge in [0.25, 0.3) is 5.91 Å². The molecule has 2 aliphatic rings.